The van der Waals surface area contributed by atoms with Crippen molar-refractivity contribution in [1.29, 1.82) is 0 Å². The zero-order valence-corrected chi connectivity index (χ0v) is 15.2. The maximum Gasteiger partial charge on any atom is 0.275 e. The molecule has 1 aliphatic heterocycles. The van der Waals surface area contributed by atoms with Crippen LogP contribution in [0.2, 0.25) is 0 Å². The predicted octanol–water partition coefficient (Wildman–Crippen LogP) is 2.96. The Hall–Kier alpha value is -3.12. The predicted molar refractivity (Wildman–Crippen MR) is 105 cm³/mol. The standard InChI is InChI=1S/C21H22N4O2/c1-27-16-6-4-5-15(13-16)17-7-2-3-8-18(17)24-21(26)19-14-25-12-11-22-10-9-20(25)23-19/h2-8,13-14,22H,9-12H2,1H3,(H,24,26). The molecule has 6 heteroatoms. The monoisotopic (exact) mass is 362 g/mol. The summed E-state index contributed by atoms with van der Waals surface area (Å²) in [7, 11) is 1.64. The fourth-order valence-electron chi connectivity index (χ4n) is 3.30. The molecule has 0 radical (unpaired) electrons. The largest absolute Gasteiger partial charge is 0.497 e. The Morgan fingerprint density at radius 1 is 1.19 bits per heavy atom. The van der Waals surface area contributed by atoms with Crippen molar-refractivity contribution in [3.63, 3.8) is 0 Å². The fraction of sp³-hybridized carbons (Fsp3) is 0.238. The summed E-state index contributed by atoms with van der Waals surface area (Å²) in [6.45, 7) is 2.61. The molecule has 138 valence electrons. The van der Waals surface area contributed by atoms with E-state index >= 15 is 0 Å². The quantitative estimate of drug-likeness (QED) is 0.749. The van der Waals surface area contributed by atoms with Gasteiger partial charge in [0.15, 0.2) is 0 Å². The number of rotatable bonds is 4. The Labute approximate surface area is 158 Å². The van der Waals surface area contributed by atoms with Crippen molar-refractivity contribution in [2.45, 2.75) is 13.0 Å². The molecule has 0 bridgehead atoms. The highest BCUT2D eigenvalue weighted by Gasteiger charge is 2.17. The number of methoxy groups -OCH3 is 1. The van der Waals surface area contributed by atoms with Crippen LogP contribution >= 0.6 is 0 Å². The van der Waals surface area contributed by atoms with Crippen LogP contribution in [0.4, 0.5) is 5.69 Å². The van der Waals surface area contributed by atoms with Crippen LogP contribution in [-0.4, -0.2) is 35.7 Å². The number of carbonyl (C=O) groups is 1. The van der Waals surface area contributed by atoms with Crippen molar-refractivity contribution in [1.82, 2.24) is 14.9 Å². The summed E-state index contributed by atoms with van der Waals surface area (Å²) >= 11 is 0. The molecule has 1 amide bonds. The van der Waals surface area contributed by atoms with Gasteiger partial charge in [0.25, 0.3) is 5.91 Å². The van der Waals surface area contributed by atoms with Crippen LogP contribution in [0.1, 0.15) is 16.3 Å². The second-order valence-electron chi connectivity index (χ2n) is 6.47. The summed E-state index contributed by atoms with van der Waals surface area (Å²) in [5.41, 5.74) is 3.12. The fourth-order valence-corrected chi connectivity index (χ4v) is 3.30. The van der Waals surface area contributed by atoms with Crippen LogP contribution in [0, 0.1) is 0 Å². The van der Waals surface area contributed by atoms with Gasteiger partial charge in [-0.2, -0.15) is 0 Å². The van der Waals surface area contributed by atoms with Crippen molar-refractivity contribution < 1.29 is 9.53 Å². The molecule has 0 saturated carbocycles. The molecule has 1 aliphatic rings. The number of carbonyl (C=O) groups excluding carboxylic acids is 1. The second kappa shape index (κ2) is 7.63. The second-order valence-corrected chi connectivity index (χ2v) is 6.47. The van der Waals surface area contributed by atoms with Gasteiger partial charge in [-0.15, -0.1) is 0 Å². The number of fused-ring (bicyclic) bond motifs is 1. The van der Waals surface area contributed by atoms with E-state index in [1.807, 2.05) is 54.7 Å². The Balaban J connectivity index is 1.60. The summed E-state index contributed by atoms with van der Waals surface area (Å²) < 4.78 is 7.38. The van der Waals surface area contributed by atoms with Crippen LogP contribution in [0.15, 0.2) is 54.7 Å². The molecule has 4 rings (SSSR count). The molecule has 0 aliphatic carbocycles. The third kappa shape index (κ3) is 3.71. The lowest BCUT2D eigenvalue weighted by Crippen LogP contribution is -2.18. The molecule has 1 aromatic heterocycles. The first-order chi connectivity index (χ1) is 13.2. The average Bonchev–Trinajstić information content (AvgIpc) is 2.99. The molecule has 3 aromatic rings. The molecular weight excluding hydrogens is 340 g/mol. The first kappa shape index (κ1) is 17.3. The van der Waals surface area contributed by atoms with Crippen molar-refractivity contribution in [3.8, 4) is 16.9 Å². The van der Waals surface area contributed by atoms with E-state index in [0.29, 0.717) is 5.69 Å². The molecule has 2 aromatic carbocycles. The maximum absolute atomic E-state index is 12.8. The number of benzene rings is 2. The number of para-hydroxylation sites is 1. The van der Waals surface area contributed by atoms with Crippen molar-refractivity contribution in [2.75, 3.05) is 25.5 Å². The highest BCUT2D eigenvalue weighted by atomic mass is 16.5. The molecule has 0 spiro atoms. The average molecular weight is 362 g/mol. The van der Waals surface area contributed by atoms with Gasteiger partial charge >= 0.3 is 0 Å². The molecule has 6 nitrogen and oxygen atoms in total. The number of ether oxygens (including phenoxy) is 1. The SMILES string of the molecule is COc1cccc(-c2ccccc2NC(=O)c2cn3c(n2)CCNCC3)c1. The number of aromatic nitrogens is 2. The number of nitrogens with one attached hydrogen (secondary N) is 2. The number of hydrogen-bond donors (Lipinski definition) is 2. The molecule has 0 unspecified atom stereocenters. The van der Waals surface area contributed by atoms with Crippen molar-refractivity contribution >= 4 is 11.6 Å². The van der Waals surface area contributed by atoms with E-state index in [0.717, 1.165) is 54.4 Å². The van der Waals surface area contributed by atoms with Gasteiger partial charge in [-0.1, -0.05) is 30.3 Å². The van der Waals surface area contributed by atoms with Gasteiger partial charge in [0.1, 0.15) is 17.3 Å². The molecule has 2 N–H and O–H groups in total. The third-order valence-corrected chi connectivity index (χ3v) is 4.70. The van der Waals surface area contributed by atoms with E-state index in [2.05, 4.69) is 20.2 Å². The van der Waals surface area contributed by atoms with E-state index in [1.54, 1.807) is 7.11 Å². The van der Waals surface area contributed by atoms with Gasteiger partial charge in [-0.05, 0) is 23.8 Å². The molecule has 0 fully saturated rings. The summed E-state index contributed by atoms with van der Waals surface area (Å²) in [5, 5.41) is 6.35. The lowest BCUT2D eigenvalue weighted by molar-refractivity contribution is 0.102. The minimum absolute atomic E-state index is 0.195. The first-order valence-electron chi connectivity index (χ1n) is 9.06. The van der Waals surface area contributed by atoms with Gasteiger partial charge in [0.05, 0.1) is 7.11 Å². The van der Waals surface area contributed by atoms with Crippen LogP contribution in [0.25, 0.3) is 11.1 Å². The number of anilines is 1. The van der Waals surface area contributed by atoms with Crippen LogP contribution in [-0.2, 0) is 13.0 Å². The molecular formula is C21H22N4O2. The Bertz CT molecular complexity index is 941. The Morgan fingerprint density at radius 2 is 2.07 bits per heavy atom. The zero-order chi connectivity index (χ0) is 18.6. The molecule has 2 heterocycles. The summed E-state index contributed by atoms with van der Waals surface area (Å²) in [4.78, 5) is 17.3. The lowest BCUT2D eigenvalue weighted by atomic mass is 10.0. The van der Waals surface area contributed by atoms with E-state index in [9.17, 15) is 4.79 Å². The van der Waals surface area contributed by atoms with Crippen LogP contribution in [0.3, 0.4) is 0 Å². The van der Waals surface area contributed by atoms with Crippen LogP contribution in [0.5, 0.6) is 5.75 Å². The van der Waals surface area contributed by atoms with Crippen molar-refractivity contribution in [2.24, 2.45) is 0 Å². The van der Waals surface area contributed by atoms with Gasteiger partial charge < -0.3 is 19.9 Å². The van der Waals surface area contributed by atoms with Crippen molar-refractivity contribution in [3.05, 3.63) is 66.2 Å². The maximum atomic E-state index is 12.8. The Kier molecular flexibility index (Phi) is 4.89. The van der Waals surface area contributed by atoms with E-state index in [1.165, 1.54) is 0 Å². The molecule has 27 heavy (non-hydrogen) atoms. The molecule has 0 saturated heterocycles. The lowest BCUT2D eigenvalue weighted by Gasteiger charge is -2.11. The third-order valence-electron chi connectivity index (χ3n) is 4.70. The van der Waals surface area contributed by atoms with E-state index in [-0.39, 0.29) is 5.91 Å². The van der Waals surface area contributed by atoms with Crippen LogP contribution < -0.4 is 15.4 Å². The smallest absolute Gasteiger partial charge is 0.275 e. The topological polar surface area (TPSA) is 68.2 Å². The van der Waals surface area contributed by atoms with Gasteiger partial charge in [-0.25, -0.2) is 4.98 Å². The zero-order valence-electron chi connectivity index (χ0n) is 15.2. The number of hydrogen-bond acceptors (Lipinski definition) is 4. The minimum atomic E-state index is -0.195. The number of amides is 1. The summed E-state index contributed by atoms with van der Waals surface area (Å²) in [6, 6.07) is 15.5. The van der Waals surface area contributed by atoms with E-state index in [4.69, 9.17) is 4.74 Å². The van der Waals surface area contributed by atoms with Gasteiger partial charge in [0.2, 0.25) is 0 Å². The summed E-state index contributed by atoms with van der Waals surface area (Å²) in [5.74, 6) is 1.53. The Morgan fingerprint density at radius 3 is 2.96 bits per heavy atom. The highest BCUT2D eigenvalue weighted by Crippen LogP contribution is 2.30. The van der Waals surface area contributed by atoms with Gasteiger partial charge in [-0.3, -0.25) is 4.79 Å². The van der Waals surface area contributed by atoms with Gasteiger partial charge in [0, 0.05) is 43.5 Å². The first-order valence-corrected chi connectivity index (χ1v) is 9.06. The summed E-state index contributed by atoms with van der Waals surface area (Å²) in [6.07, 6.45) is 2.67. The van der Waals surface area contributed by atoms with E-state index < -0.39 is 0 Å². The highest BCUT2D eigenvalue weighted by molar-refractivity contribution is 6.05. The molecule has 0 atom stereocenters. The normalized spacial score (nSPS) is 13.5. The minimum Gasteiger partial charge on any atom is -0.497 e. The number of nitrogens with zero attached hydrogens (tertiary/aromatic N) is 2. The number of imidazole rings is 1.